The number of amides is 2. The van der Waals surface area contributed by atoms with Crippen molar-refractivity contribution in [1.82, 2.24) is 10.2 Å². The van der Waals surface area contributed by atoms with Crippen LogP contribution in [-0.4, -0.2) is 23.3 Å². The van der Waals surface area contributed by atoms with Crippen molar-refractivity contribution in [2.75, 3.05) is 6.54 Å². The summed E-state index contributed by atoms with van der Waals surface area (Å²) in [6.45, 7) is 1.19. The predicted octanol–water partition coefficient (Wildman–Crippen LogP) is 3.14. The molecule has 1 atom stereocenters. The highest BCUT2D eigenvalue weighted by molar-refractivity contribution is 6.30. The highest BCUT2D eigenvalue weighted by Gasteiger charge is 2.34. The zero-order valence-corrected chi connectivity index (χ0v) is 14.3. The first-order valence-corrected chi connectivity index (χ1v) is 8.43. The Balaban J connectivity index is 1.53. The third-order valence-electron chi connectivity index (χ3n) is 4.25. The van der Waals surface area contributed by atoms with Gasteiger partial charge >= 0.3 is 0 Å². The van der Waals surface area contributed by atoms with Crippen molar-refractivity contribution in [3.05, 3.63) is 70.5 Å². The van der Waals surface area contributed by atoms with Gasteiger partial charge in [-0.2, -0.15) is 0 Å². The Morgan fingerprint density at radius 3 is 2.44 bits per heavy atom. The van der Waals surface area contributed by atoms with Crippen LogP contribution in [0, 0.1) is 11.7 Å². The summed E-state index contributed by atoms with van der Waals surface area (Å²) < 4.78 is 12.9. The summed E-state index contributed by atoms with van der Waals surface area (Å²) in [5.41, 5.74) is 1.79. The van der Waals surface area contributed by atoms with Crippen LogP contribution >= 0.6 is 11.6 Å². The van der Waals surface area contributed by atoms with E-state index in [4.69, 9.17) is 11.6 Å². The Morgan fingerprint density at radius 2 is 1.76 bits per heavy atom. The molecule has 1 saturated heterocycles. The maximum absolute atomic E-state index is 12.9. The first-order chi connectivity index (χ1) is 12.0. The number of nitrogens with one attached hydrogen (secondary N) is 1. The maximum atomic E-state index is 12.9. The maximum Gasteiger partial charge on any atom is 0.225 e. The van der Waals surface area contributed by atoms with E-state index in [2.05, 4.69) is 5.32 Å². The van der Waals surface area contributed by atoms with Crippen molar-refractivity contribution in [3.63, 3.8) is 0 Å². The summed E-state index contributed by atoms with van der Waals surface area (Å²) in [5, 5.41) is 3.46. The van der Waals surface area contributed by atoms with Crippen molar-refractivity contribution in [2.24, 2.45) is 5.92 Å². The van der Waals surface area contributed by atoms with Gasteiger partial charge in [-0.25, -0.2) is 4.39 Å². The van der Waals surface area contributed by atoms with Gasteiger partial charge in [-0.1, -0.05) is 35.9 Å². The molecule has 1 N–H and O–H groups in total. The van der Waals surface area contributed by atoms with Gasteiger partial charge in [-0.05, 0) is 35.4 Å². The fraction of sp³-hybridized carbons (Fsp3) is 0.263. The van der Waals surface area contributed by atoms with E-state index in [-0.39, 0.29) is 30.0 Å². The quantitative estimate of drug-likeness (QED) is 0.890. The minimum Gasteiger partial charge on any atom is -0.352 e. The third kappa shape index (κ3) is 4.57. The first-order valence-electron chi connectivity index (χ1n) is 8.05. The Kier molecular flexibility index (Phi) is 5.34. The molecular weight excluding hydrogens is 343 g/mol. The molecule has 0 bridgehead atoms. The molecule has 1 aliphatic heterocycles. The van der Waals surface area contributed by atoms with Crippen molar-refractivity contribution in [2.45, 2.75) is 19.5 Å². The molecule has 130 valence electrons. The van der Waals surface area contributed by atoms with E-state index in [0.717, 1.165) is 11.1 Å². The number of rotatable bonds is 5. The monoisotopic (exact) mass is 360 g/mol. The number of hydrogen-bond acceptors (Lipinski definition) is 2. The molecule has 1 heterocycles. The molecule has 0 radical (unpaired) electrons. The Morgan fingerprint density at radius 1 is 1.12 bits per heavy atom. The highest BCUT2D eigenvalue weighted by Crippen LogP contribution is 2.21. The molecule has 6 heteroatoms. The number of hydrogen-bond donors (Lipinski definition) is 1. The molecule has 2 aromatic rings. The van der Waals surface area contributed by atoms with Gasteiger partial charge < -0.3 is 10.2 Å². The normalized spacial score (nSPS) is 17.0. The van der Waals surface area contributed by atoms with Crippen LogP contribution in [0.25, 0.3) is 0 Å². The summed E-state index contributed by atoms with van der Waals surface area (Å²) in [7, 11) is 0. The molecule has 4 nitrogen and oxygen atoms in total. The second kappa shape index (κ2) is 7.66. The van der Waals surface area contributed by atoms with Gasteiger partial charge in [0.25, 0.3) is 0 Å². The largest absolute Gasteiger partial charge is 0.352 e. The topological polar surface area (TPSA) is 49.4 Å². The smallest absolute Gasteiger partial charge is 0.225 e. The summed E-state index contributed by atoms with van der Waals surface area (Å²) in [4.78, 5) is 26.1. The average Bonchev–Trinajstić information content (AvgIpc) is 2.97. The van der Waals surface area contributed by atoms with Gasteiger partial charge in [-0.15, -0.1) is 0 Å². The van der Waals surface area contributed by atoms with Gasteiger partial charge in [0, 0.05) is 31.1 Å². The van der Waals surface area contributed by atoms with E-state index >= 15 is 0 Å². The van der Waals surface area contributed by atoms with Gasteiger partial charge in [-0.3, -0.25) is 9.59 Å². The van der Waals surface area contributed by atoms with E-state index in [1.54, 1.807) is 29.2 Å². The lowest BCUT2D eigenvalue weighted by atomic mass is 10.1. The van der Waals surface area contributed by atoms with Gasteiger partial charge in [0.1, 0.15) is 5.82 Å². The Hall–Kier alpha value is -2.40. The zero-order chi connectivity index (χ0) is 17.8. The standard InChI is InChI=1S/C19H18ClFN2O2/c20-16-5-1-14(2-6-16)11-23-12-15(9-18(23)24)19(25)22-10-13-3-7-17(21)8-4-13/h1-8,15H,9-12H2,(H,22,25). The van der Waals surface area contributed by atoms with E-state index in [0.29, 0.717) is 24.7 Å². The van der Waals surface area contributed by atoms with Crippen LogP contribution in [0.2, 0.25) is 5.02 Å². The Labute approximate surface area is 150 Å². The van der Waals surface area contributed by atoms with Crippen LogP contribution < -0.4 is 5.32 Å². The molecule has 0 aliphatic carbocycles. The van der Waals surface area contributed by atoms with Crippen molar-refractivity contribution >= 4 is 23.4 Å². The molecule has 25 heavy (non-hydrogen) atoms. The van der Waals surface area contributed by atoms with E-state index in [1.165, 1.54) is 12.1 Å². The molecule has 1 fully saturated rings. The van der Waals surface area contributed by atoms with Gasteiger partial charge in [0.2, 0.25) is 11.8 Å². The number of halogens is 2. The molecule has 2 aromatic carbocycles. The second-order valence-corrected chi connectivity index (χ2v) is 6.58. The van der Waals surface area contributed by atoms with Crippen LogP contribution in [0.1, 0.15) is 17.5 Å². The predicted molar refractivity (Wildman–Crippen MR) is 93.2 cm³/mol. The fourth-order valence-corrected chi connectivity index (χ4v) is 2.97. The van der Waals surface area contributed by atoms with Crippen molar-refractivity contribution in [1.29, 1.82) is 0 Å². The van der Waals surface area contributed by atoms with Crippen molar-refractivity contribution in [3.8, 4) is 0 Å². The number of likely N-dealkylation sites (tertiary alicyclic amines) is 1. The van der Waals surface area contributed by atoms with E-state index in [1.807, 2.05) is 12.1 Å². The lowest BCUT2D eigenvalue weighted by molar-refractivity contribution is -0.129. The SMILES string of the molecule is O=C(NCc1ccc(F)cc1)C1CC(=O)N(Cc2ccc(Cl)cc2)C1. The van der Waals surface area contributed by atoms with Crippen molar-refractivity contribution < 1.29 is 14.0 Å². The molecular formula is C19H18ClFN2O2. The van der Waals surface area contributed by atoms with Crippen LogP contribution in [0.15, 0.2) is 48.5 Å². The van der Waals surface area contributed by atoms with E-state index in [9.17, 15) is 14.0 Å². The molecule has 1 aliphatic rings. The molecule has 0 aromatic heterocycles. The minimum absolute atomic E-state index is 0.0307. The summed E-state index contributed by atoms with van der Waals surface area (Å²) in [6, 6.07) is 13.3. The number of carbonyl (C=O) groups excluding carboxylic acids is 2. The second-order valence-electron chi connectivity index (χ2n) is 6.15. The first kappa shape index (κ1) is 17.4. The number of carbonyl (C=O) groups is 2. The van der Waals surface area contributed by atoms with Crippen LogP contribution in [-0.2, 0) is 22.7 Å². The lowest BCUT2D eigenvalue weighted by Crippen LogP contribution is -2.32. The summed E-state index contributed by atoms with van der Waals surface area (Å²) in [6.07, 6.45) is 0.211. The molecule has 3 rings (SSSR count). The number of benzene rings is 2. The fourth-order valence-electron chi connectivity index (χ4n) is 2.85. The van der Waals surface area contributed by atoms with Crippen LogP contribution in [0.5, 0.6) is 0 Å². The molecule has 2 amide bonds. The minimum atomic E-state index is -0.361. The number of nitrogens with zero attached hydrogens (tertiary/aromatic N) is 1. The molecule has 0 spiro atoms. The lowest BCUT2D eigenvalue weighted by Gasteiger charge is -2.16. The van der Waals surface area contributed by atoms with Gasteiger partial charge in [0.15, 0.2) is 0 Å². The molecule has 0 saturated carbocycles. The highest BCUT2D eigenvalue weighted by atomic mass is 35.5. The van der Waals surface area contributed by atoms with Gasteiger partial charge in [0.05, 0.1) is 5.92 Å². The van der Waals surface area contributed by atoms with E-state index < -0.39 is 0 Å². The Bertz CT molecular complexity index is 762. The van der Waals surface area contributed by atoms with Crippen LogP contribution in [0.3, 0.4) is 0 Å². The zero-order valence-electron chi connectivity index (χ0n) is 13.5. The average molecular weight is 361 g/mol. The summed E-state index contributed by atoms with van der Waals surface area (Å²) >= 11 is 5.86. The third-order valence-corrected chi connectivity index (χ3v) is 4.50. The molecule has 1 unspecified atom stereocenters. The summed E-state index contributed by atoms with van der Waals surface area (Å²) in [5.74, 6) is -0.859. The van der Waals surface area contributed by atoms with Crippen LogP contribution in [0.4, 0.5) is 4.39 Å².